The second-order valence-electron chi connectivity index (χ2n) is 7.44. The van der Waals surface area contributed by atoms with Gasteiger partial charge in [0, 0.05) is 0 Å². The Bertz CT molecular complexity index is 938. The maximum atomic E-state index is 10.3. The average Bonchev–Trinajstić information content (AvgIpc) is 2.81. The van der Waals surface area contributed by atoms with Gasteiger partial charge in [-0.2, -0.15) is 11.4 Å². The zero-order valence-corrected chi connectivity index (χ0v) is 21.1. The SMILES string of the molecule is Cl.[CH3-].[Cl][Ru+3].[NH-]c1cc2c(cc1[NH-])C(O)c1ccccc1C2O.c1ccc2c(c1)CCCC2. The first-order valence-corrected chi connectivity index (χ1v) is 12.1. The van der Waals surface area contributed by atoms with Crippen molar-refractivity contribution in [1.29, 1.82) is 0 Å². The van der Waals surface area contributed by atoms with Crippen molar-refractivity contribution in [3.63, 3.8) is 0 Å². The Morgan fingerprint density at radius 2 is 1.03 bits per heavy atom. The van der Waals surface area contributed by atoms with Gasteiger partial charge in [-0.1, -0.05) is 60.7 Å². The van der Waals surface area contributed by atoms with Crippen molar-refractivity contribution in [3.8, 4) is 0 Å². The Morgan fingerprint density at radius 1 is 0.688 bits per heavy atom. The Kier molecular flexibility index (Phi) is 11.7. The minimum atomic E-state index is -0.843. The van der Waals surface area contributed by atoms with Gasteiger partial charge in [0.1, 0.15) is 12.2 Å². The average molecular weight is 560 g/mol. The molecular formula is C25H28Cl2N2O2Ru. The third-order valence-corrected chi connectivity index (χ3v) is 5.66. The monoisotopic (exact) mass is 560 g/mol. The van der Waals surface area contributed by atoms with Crippen LogP contribution < -0.4 is 0 Å². The number of nitrogens with one attached hydrogen (secondary N) is 2. The largest absolute Gasteiger partial charge is 0.700 e. The molecule has 0 aromatic heterocycles. The van der Waals surface area contributed by atoms with Crippen LogP contribution in [0.2, 0.25) is 0 Å². The van der Waals surface area contributed by atoms with Crippen LogP contribution >= 0.6 is 22.1 Å². The number of aliphatic hydroxyl groups excluding tert-OH is 2. The number of benzene rings is 3. The zero-order valence-electron chi connectivity index (χ0n) is 17.8. The van der Waals surface area contributed by atoms with E-state index in [1.165, 1.54) is 37.8 Å². The standard InChI is InChI=1S/C14H12N2O2.C10H12.CH3.2ClH.Ru/c15-11-5-9-10(6-12(11)16)14(18)8-4-2-1-3-7(8)13(9)17;1-2-6-10-8-4-3-7-9(10)5-1;;;;/h1-6,13-18H;1-2,5-6H,3-4,7-8H2;1H3;2*1H;/q-2;;-1;;;+4/p-1. The minimum Gasteiger partial charge on any atom is -0.700 e. The molecule has 0 saturated heterocycles. The van der Waals surface area contributed by atoms with Crippen LogP contribution in [-0.2, 0) is 30.2 Å². The van der Waals surface area contributed by atoms with Crippen molar-refractivity contribution in [1.82, 2.24) is 0 Å². The van der Waals surface area contributed by atoms with Gasteiger partial charge in [0.2, 0.25) is 0 Å². The van der Waals surface area contributed by atoms with E-state index in [1.807, 2.05) is 17.3 Å². The molecule has 0 fully saturated rings. The van der Waals surface area contributed by atoms with Gasteiger partial charge in [-0.05, 0) is 59.1 Å². The number of rotatable bonds is 0. The van der Waals surface area contributed by atoms with Gasteiger partial charge < -0.3 is 29.1 Å². The molecule has 2 unspecified atom stereocenters. The molecule has 2 atom stereocenters. The summed E-state index contributed by atoms with van der Waals surface area (Å²) in [5, 5.41) is 20.6. The third kappa shape index (κ3) is 6.04. The molecule has 2 aliphatic rings. The molecule has 0 radical (unpaired) electrons. The second kappa shape index (κ2) is 13.2. The molecule has 0 amide bonds. The van der Waals surface area contributed by atoms with Crippen molar-refractivity contribution >= 4 is 33.5 Å². The molecule has 7 heteroatoms. The predicted molar refractivity (Wildman–Crippen MR) is 132 cm³/mol. The van der Waals surface area contributed by atoms with Crippen LogP contribution in [0.5, 0.6) is 0 Å². The number of aryl methyl sites for hydroxylation is 2. The van der Waals surface area contributed by atoms with E-state index in [0.29, 0.717) is 22.3 Å². The Morgan fingerprint density at radius 3 is 1.41 bits per heavy atom. The summed E-state index contributed by atoms with van der Waals surface area (Å²) in [7, 11) is 4.57. The van der Waals surface area contributed by atoms with Gasteiger partial charge in [0.05, 0.1) is 0 Å². The molecule has 0 bridgehead atoms. The summed E-state index contributed by atoms with van der Waals surface area (Å²) in [5.74, 6) is 0. The minimum absolute atomic E-state index is 0. The summed E-state index contributed by atoms with van der Waals surface area (Å²) in [6.07, 6.45) is 3.69. The fourth-order valence-corrected chi connectivity index (χ4v) is 4.13. The molecule has 5 rings (SSSR count). The van der Waals surface area contributed by atoms with Crippen LogP contribution in [0.25, 0.3) is 11.5 Å². The summed E-state index contributed by atoms with van der Waals surface area (Å²) in [5.41, 5.74) is 20.9. The van der Waals surface area contributed by atoms with Crippen LogP contribution in [0.4, 0.5) is 11.4 Å². The zero-order chi connectivity index (χ0) is 21.7. The summed E-state index contributed by atoms with van der Waals surface area (Å²) >= 11 is 1.82. The van der Waals surface area contributed by atoms with E-state index in [-0.39, 0.29) is 31.2 Å². The quantitative estimate of drug-likeness (QED) is 0.219. The molecule has 0 heterocycles. The molecular weight excluding hydrogens is 532 g/mol. The van der Waals surface area contributed by atoms with Crippen LogP contribution in [-0.4, -0.2) is 10.2 Å². The number of hydrogen-bond acceptors (Lipinski definition) is 2. The van der Waals surface area contributed by atoms with Gasteiger partial charge in [-0.3, -0.25) is 0 Å². The Balaban J connectivity index is 0.000000314. The number of halogens is 2. The van der Waals surface area contributed by atoms with E-state index in [9.17, 15) is 10.2 Å². The first-order chi connectivity index (χ1) is 14.6. The van der Waals surface area contributed by atoms with E-state index in [1.54, 1.807) is 35.4 Å². The second-order valence-corrected chi connectivity index (χ2v) is 7.44. The first-order valence-electron chi connectivity index (χ1n) is 9.82. The fraction of sp³-hybridized carbons (Fsp3) is 0.240. The van der Waals surface area contributed by atoms with Crippen LogP contribution in [0.1, 0.15) is 58.4 Å². The number of fused-ring (bicyclic) bond motifs is 3. The van der Waals surface area contributed by atoms with Gasteiger partial charge >= 0.3 is 27.0 Å². The number of aliphatic hydroxyl groups is 2. The molecule has 32 heavy (non-hydrogen) atoms. The van der Waals surface area contributed by atoms with E-state index in [2.05, 4.69) is 34.0 Å². The van der Waals surface area contributed by atoms with Gasteiger partial charge in [0.15, 0.2) is 0 Å². The van der Waals surface area contributed by atoms with Crippen LogP contribution in [0, 0.1) is 7.43 Å². The first kappa shape index (κ1) is 28.4. The van der Waals surface area contributed by atoms with Crippen molar-refractivity contribution in [2.24, 2.45) is 0 Å². The molecule has 4 nitrogen and oxygen atoms in total. The molecule has 3 aromatic carbocycles. The van der Waals surface area contributed by atoms with Crippen molar-refractivity contribution in [2.75, 3.05) is 0 Å². The summed E-state index contributed by atoms with van der Waals surface area (Å²) in [4.78, 5) is 0. The predicted octanol–water partition coefficient (Wildman–Crippen LogP) is 7.66. The normalized spacial score (nSPS) is 17.2. The summed E-state index contributed by atoms with van der Waals surface area (Å²) < 4.78 is 0. The molecule has 172 valence electrons. The van der Waals surface area contributed by atoms with Crippen LogP contribution in [0.3, 0.4) is 0 Å². The maximum absolute atomic E-state index is 10.3. The molecule has 0 saturated carbocycles. The van der Waals surface area contributed by atoms with Gasteiger partial charge in [-0.25, -0.2) is 0 Å². The summed E-state index contributed by atoms with van der Waals surface area (Å²) in [6.45, 7) is 0. The van der Waals surface area contributed by atoms with E-state index in [4.69, 9.17) is 11.5 Å². The van der Waals surface area contributed by atoms with Crippen LogP contribution in [0.15, 0.2) is 60.7 Å². The molecule has 0 aliphatic heterocycles. The molecule has 4 N–H and O–H groups in total. The van der Waals surface area contributed by atoms with E-state index < -0.39 is 12.2 Å². The fourth-order valence-electron chi connectivity index (χ4n) is 4.13. The molecule has 3 aromatic rings. The van der Waals surface area contributed by atoms with Crippen molar-refractivity contribution in [3.05, 3.63) is 113 Å². The van der Waals surface area contributed by atoms with Gasteiger partial charge in [-0.15, -0.1) is 12.4 Å². The Labute approximate surface area is 211 Å². The Hall–Kier alpha value is -1.62. The molecule has 2 aliphatic carbocycles. The number of hydrogen-bond donors (Lipinski definition) is 2. The molecule has 0 spiro atoms. The van der Waals surface area contributed by atoms with Crippen molar-refractivity contribution < 1.29 is 27.5 Å². The topological polar surface area (TPSA) is 88.1 Å². The smallest absolute Gasteiger partial charge is 0.105 e. The maximum Gasteiger partial charge on any atom is 0.105 e. The third-order valence-electron chi connectivity index (χ3n) is 5.66. The summed E-state index contributed by atoms with van der Waals surface area (Å²) in [6, 6.07) is 18.9. The van der Waals surface area contributed by atoms with Gasteiger partial charge in [0.25, 0.3) is 0 Å². The van der Waals surface area contributed by atoms with E-state index in [0.717, 1.165) is 0 Å². The van der Waals surface area contributed by atoms with E-state index >= 15 is 0 Å². The van der Waals surface area contributed by atoms with Crippen molar-refractivity contribution in [2.45, 2.75) is 37.9 Å².